The van der Waals surface area contributed by atoms with Gasteiger partial charge in [0.15, 0.2) is 0 Å². The summed E-state index contributed by atoms with van der Waals surface area (Å²) in [5, 5.41) is 9.11. The van der Waals surface area contributed by atoms with E-state index in [1.165, 1.54) is 10.6 Å². The number of aromatic carboxylic acids is 1. The van der Waals surface area contributed by atoms with E-state index in [0.717, 1.165) is 0 Å². The maximum atomic E-state index is 11.8. The van der Waals surface area contributed by atoms with Gasteiger partial charge in [-0.15, -0.1) is 0 Å². The number of hydrogen-bond acceptors (Lipinski definition) is 3. The summed E-state index contributed by atoms with van der Waals surface area (Å²) in [6, 6.07) is 1.38. The van der Waals surface area contributed by atoms with Crippen molar-refractivity contribution in [1.29, 1.82) is 0 Å². The highest BCUT2D eigenvalue weighted by molar-refractivity contribution is 5.90. The summed E-state index contributed by atoms with van der Waals surface area (Å²) in [6.07, 6.45) is 0. The summed E-state index contributed by atoms with van der Waals surface area (Å²) in [7, 11) is 3.82. The van der Waals surface area contributed by atoms with Gasteiger partial charge in [-0.2, -0.15) is 0 Å². The van der Waals surface area contributed by atoms with E-state index in [-0.39, 0.29) is 11.1 Å². The first-order valence-corrected chi connectivity index (χ1v) is 5.43. The second-order valence-electron chi connectivity index (χ2n) is 4.39. The summed E-state index contributed by atoms with van der Waals surface area (Å²) in [5.41, 5.74) is 1.11. The van der Waals surface area contributed by atoms with Crippen LogP contribution in [0, 0.1) is 13.8 Å². The normalized spacial score (nSPS) is 10.9. The van der Waals surface area contributed by atoms with E-state index < -0.39 is 5.97 Å². The molecular weight excluding hydrogens is 220 g/mol. The zero-order valence-electron chi connectivity index (χ0n) is 10.6. The fourth-order valence-electron chi connectivity index (χ4n) is 1.82. The van der Waals surface area contributed by atoms with Gasteiger partial charge in [-0.25, -0.2) is 4.79 Å². The maximum Gasteiger partial charge on any atom is 0.337 e. The average molecular weight is 238 g/mol. The molecule has 1 N–H and O–H groups in total. The van der Waals surface area contributed by atoms with Crippen molar-refractivity contribution in [2.75, 3.05) is 20.6 Å². The van der Waals surface area contributed by atoms with Crippen LogP contribution >= 0.6 is 0 Å². The third kappa shape index (κ3) is 2.94. The Hall–Kier alpha value is -1.62. The monoisotopic (exact) mass is 238 g/mol. The van der Waals surface area contributed by atoms with Crippen LogP contribution < -0.4 is 5.56 Å². The smallest absolute Gasteiger partial charge is 0.337 e. The summed E-state index contributed by atoms with van der Waals surface area (Å²) < 4.78 is 1.51. The summed E-state index contributed by atoms with van der Waals surface area (Å²) in [6.45, 7) is 4.52. The third-order valence-corrected chi connectivity index (χ3v) is 2.75. The van der Waals surface area contributed by atoms with Crippen LogP contribution in [-0.4, -0.2) is 41.2 Å². The molecule has 5 nitrogen and oxygen atoms in total. The molecule has 0 aliphatic heterocycles. The highest BCUT2D eigenvalue weighted by Crippen LogP contribution is 2.11. The van der Waals surface area contributed by atoms with Crippen molar-refractivity contribution >= 4 is 5.97 Å². The molecule has 0 amide bonds. The summed E-state index contributed by atoms with van der Waals surface area (Å²) in [5.74, 6) is -0.987. The first kappa shape index (κ1) is 13.4. The molecule has 0 spiro atoms. The molecule has 0 aromatic carbocycles. The molecule has 1 heterocycles. The lowest BCUT2D eigenvalue weighted by molar-refractivity contribution is 0.0694. The van der Waals surface area contributed by atoms with E-state index in [0.29, 0.717) is 24.3 Å². The van der Waals surface area contributed by atoms with Crippen LogP contribution in [0.25, 0.3) is 0 Å². The van der Waals surface area contributed by atoms with Crippen LogP contribution in [-0.2, 0) is 6.54 Å². The molecule has 0 saturated carbocycles. The minimum absolute atomic E-state index is 0.146. The Labute approximate surface area is 100 Å². The van der Waals surface area contributed by atoms with Crippen LogP contribution in [0.5, 0.6) is 0 Å². The second-order valence-corrected chi connectivity index (χ2v) is 4.39. The SMILES string of the molecule is Cc1cc(=O)n(CCN(C)C)c(C)c1C(=O)O. The van der Waals surface area contributed by atoms with E-state index in [9.17, 15) is 9.59 Å². The average Bonchev–Trinajstić information content (AvgIpc) is 2.14. The highest BCUT2D eigenvalue weighted by atomic mass is 16.4. The van der Waals surface area contributed by atoms with Crippen molar-refractivity contribution in [2.45, 2.75) is 20.4 Å². The molecule has 17 heavy (non-hydrogen) atoms. The Bertz CT molecular complexity index is 489. The molecule has 0 radical (unpaired) electrons. The zero-order chi connectivity index (χ0) is 13.2. The number of pyridine rings is 1. The lowest BCUT2D eigenvalue weighted by Gasteiger charge is -2.16. The van der Waals surface area contributed by atoms with Gasteiger partial charge in [-0.1, -0.05) is 0 Å². The predicted molar refractivity (Wildman–Crippen MR) is 65.7 cm³/mol. The van der Waals surface area contributed by atoms with Gasteiger partial charge in [-0.05, 0) is 33.5 Å². The Morgan fingerprint density at radius 1 is 1.41 bits per heavy atom. The molecule has 1 rings (SSSR count). The number of aryl methyl sites for hydroxylation is 1. The van der Waals surface area contributed by atoms with Crippen molar-refractivity contribution in [2.24, 2.45) is 0 Å². The van der Waals surface area contributed by atoms with Gasteiger partial charge < -0.3 is 14.6 Å². The Kier molecular flexibility index (Phi) is 4.07. The molecule has 94 valence electrons. The first-order chi connectivity index (χ1) is 7.84. The minimum atomic E-state index is -0.987. The van der Waals surface area contributed by atoms with Crippen LogP contribution in [0.1, 0.15) is 21.6 Å². The number of carboxylic acids is 1. The number of likely N-dealkylation sites (N-methyl/N-ethyl adjacent to an activating group) is 1. The van der Waals surface area contributed by atoms with Crippen LogP contribution in [0.2, 0.25) is 0 Å². The van der Waals surface area contributed by atoms with E-state index in [4.69, 9.17) is 5.11 Å². The van der Waals surface area contributed by atoms with E-state index in [1.807, 2.05) is 19.0 Å². The van der Waals surface area contributed by atoms with E-state index >= 15 is 0 Å². The van der Waals surface area contributed by atoms with Gasteiger partial charge in [0, 0.05) is 24.8 Å². The van der Waals surface area contributed by atoms with Crippen molar-refractivity contribution in [3.05, 3.63) is 33.2 Å². The molecule has 0 aliphatic carbocycles. The minimum Gasteiger partial charge on any atom is -0.478 e. The molecule has 1 aromatic heterocycles. The molecular formula is C12H18N2O3. The predicted octanol–water partition coefficient (Wildman–Crippen LogP) is 0.725. The van der Waals surface area contributed by atoms with Gasteiger partial charge in [0.1, 0.15) is 0 Å². The quantitative estimate of drug-likeness (QED) is 0.839. The number of carbonyl (C=O) groups is 1. The lowest BCUT2D eigenvalue weighted by Crippen LogP contribution is -2.29. The van der Waals surface area contributed by atoms with Gasteiger partial charge in [0.2, 0.25) is 0 Å². The van der Waals surface area contributed by atoms with Crippen LogP contribution in [0.3, 0.4) is 0 Å². The molecule has 0 atom stereocenters. The van der Waals surface area contributed by atoms with Gasteiger partial charge in [0.05, 0.1) is 5.56 Å². The fourth-order valence-corrected chi connectivity index (χ4v) is 1.82. The number of carboxylic acid groups (broad SMARTS) is 1. The zero-order valence-corrected chi connectivity index (χ0v) is 10.6. The van der Waals surface area contributed by atoms with Crippen LogP contribution in [0.15, 0.2) is 10.9 Å². The van der Waals surface area contributed by atoms with E-state index in [2.05, 4.69) is 0 Å². The Balaban J connectivity index is 3.26. The van der Waals surface area contributed by atoms with Crippen molar-refractivity contribution < 1.29 is 9.90 Å². The van der Waals surface area contributed by atoms with Crippen molar-refractivity contribution in [1.82, 2.24) is 9.47 Å². The van der Waals surface area contributed by atoms with Crippen molar-refractivity contribution in [3.63, 3.8) is 0 Å². The number of nitrogens with zero attached hydrogens (tertiary/aromatic N) is 2. The molecule has 0 bridgehead atoms. The fraction of sp³-hybridized carbons (Fsp3) is 0.500. The Morgan fingerprint density at radius 3 is 2.47 bits per heavy atom. The largest absolute Gasteiger partial charge is 0.478 e. The summed E-state index contributed by atoms with van der Waals surface area (Å²) in [4.78, 5) is 24.9. The molecule has 1 aromatic rings. The van der Waals surface area contributed by atoms with Crippen LogP contribution in [0.4, 0.5) is 0 Å². The maximum absolute atomic E-state index is 11.8. The standard InChI is InChI=1S/C12H18N2O3/c1-8-7-10(15)14(6-5-13(3)4)9(2)11(8)12(16)17/h7H,5-6H2,1-4H3,(H,16,17). The lowest BCUT2D eigenvalue weighted by atomic mass is 10.1. The topological polar surface area (TPSA) is 62.5 Å². The van der Waals surface area contributed by atoms with Crippen molar-refractivity contribution in [3.8, 4) is 0 Å². The van der Waals surface area contributed by atoms with Gasteiger partial charge >= 0.3 is 5.97 Å². The molecule has 0 unspecified atom stereocenters. The molecule has 0 aliphatic rings. The van der Waals surface area contributed by atoms with E-state index in [1.54, 1.807) is 13.8 Å². The number of rotatable bonds is 4. The second kappa shape index (κ2) is 5.14. The molecule has 0 saturated heterocycles. The highest BCUT2D eigenvalue weighted by Gasteiger charge is 2.15. The number of aromatic nitrogens is 1. The molecule has 5 heteroatoms. The van der Waals surface area contributed by atoms with Gasteiger partial charge in [-0.3, -0.25) is 4.79 Å². The Morgan fingerprint density at radius 2 is 2.00 bits per heavy atom. The molecule has 0 fully saturated rings. The number of hydrogen-bond donors (Lipinski definition) is 1. The first-order valence-electron chi connectivity index (χ1n) is 5.43. The van der Waals surface area contributed by atoms with Gasteiger partial charge in [0.25, 0.3) is 5.56 Å². The third-order valence-electron chi connectivity index (χ3n) is 2.75. The summed E-state index contributed by atoms with van der Waals surface area (Å²) >= 11 is 0.